The summed E-state index contributed by atoms with van der Waals surface area (Å²) in [6.45, 7) is 2.23. The van der Waals surface area contributed by atoms with Gasteiger partial charge in [0.1, 0.15) is 28.8 Å². The van der Waals surface area contributed by atoms with Gasteiger partial charge in [0.2, 0.25) is 0 Å². The van der Waals surface area contributed by atoms with E-state index in [2.05, 4.69) is 12.2 Å². The molecule has 1 aliphatic heterocycles. The van der Waals surface area contributed by atoms with Crippen LogP contribution in [0.4, 0.5) is 0 Å². The van der Waals surface area contributed by atoms with E-state index in [0.717, 1.165) is 47.0 Å². The number of hydrogen-bond acceptors (Lipinski definition) is 6. The van der Waals surface area contributed by atoms with Gasteiger partial charge in [0.15, 0.2) is 0 Å². The van der Waals surface area contributed by atoms with E-state index in [-0.39, 0.29) is 23.9 Å². The highest BCUT2D eigenvalue weighted by molar-refractivity contribution is 5.87. The fourth-order valence-corrected chi connectivity index (χ4v) is 5.27. The number of ether oxygens (including phenoxy) is 4. The molecular formula is C25H31NO5. The third-order valence-corrected chi connectivity index (χ3v) is 6.75. The molecule has 1 N–H and O–H groups in total. The Morgan fingerprint density at radius 2 is 1.19 bits per heavy atom. The molecule has 5 atom stereocenters. The lowest BCUT2D eigenvalue weighted by atomic mass is 9.64. The molecule has 2 fully saturated rings. The van der Waals surface area contributed by atoms with Crippen LogP contribution in [-0.4, -0.2) is 34.2 Å². The monoisotopic (exact) mass is 425 g/mol. The fourth-order valence-electron chi connectivity index (χ4n) is 5.27. The van der Waals surface area contributed by atoms with Gasteiger partial charge in [-0.3, -0.25) is 4.79 Å². The van der Waals surface area contributed by atoms with E-state index in [1.54, 1.807) is 28.4 Å². The molecule has 1 aliphatic carbocycles. The first-order valence-electron chi connectivity index (χ1n) is 10.7. The second-order valence-corrected chi connectivity index (χ2v) is 8.53. The van der Waals surface area contributed by atoms with Crippen LogP contribution in [0.25, 0.3) is 0 Å². The van der Waals surface area contributed by atoms with Crippen molar-refractivity contribution in [1.82, 2.24) is 5.32 Å². The van der Waals surface area contributed by atoms with Gasteiger partial charge in [0, 0.05) is 35.0 Å². The van der Waals surface area contributed by atoms with Crippen molar-refractivity contribution in [2.24, 2.45) is 17.8 Å². The predicted molar refractivity (Wildman–Crippen MR) is 118 cm³/mol. The van der Waals surface area contributed by atoms with Crippen LogP contribution in [0.5, 0.6) is 23.0 Å². The molecule has 1 unspecified atom stereocenters. The van der Waals surface area contributed by atoms with Gasteiger partial charge in [-0.25, -0.2) is 0 Å². The van der Waals surface area contributed by atoms with Gasteiger partial charge in [-0.15, -0.1) is 0 Å². The maximum Gasteiger partial charge on any atom is 0.142 e. The zero-order valence-corrected chi connectivity index (χ0v) is 18.8. The third kappa shape index (κ3) is 3.85. The molecule has 0 spiro atoms. The molecule has 6 heteroatoms. The number of rotatable bonds is 6. The predicted octanol–water partition coefficient (Wildman–Crippen LogP) is 4.34. The van der Waals surface area contributed by atoms with Crippen LogP contribution in [-0.2, 0) is 4.79 Å². The van der Waals surface area contributed by atoms with Crippen molar-refractivity contribution in [3.8, 4) is 23.0 Å². The Morgan fingerprint density at radius 3 is 1.58 bits per heavy atom. The lowest BCUT2D eigenvalue weighted by Gasteiger charge is -2.47. The highest BCUT2D eigenvalue weighted by atomic mass is 16.5. The molecule has 0 radical (unpaired) electrons. The van der Waals surface area contributed by atoms with E-state index < -0.39 is 0 Å². The van der Waals surface area contributed by atoms with Crippen molar-refractivity contribution in [2.45, 2.75) is 31.8 Å². The molecule has 2 aliphatic rings. The fraction of sp³-hybridized carbons (Fsp3) is 0.480. The summed E-state index contributed by atoms with van der Waals surface area (Å²) >= 11 is 0. The van der Waals surface area contributed by atoms with Gasteiger partial charge in [0.25, 0.3) is 0 Å². The SMILES string of the molecule is COc1ccc(OC)c([C@H]2N[C@@H](c3cc(OC)ccc3OC)[C@@H]3CC(C)C[C@H]2C3=O)c1. The Kier molecular flexibility index (Phi) is 6.10. The molecule has 31 heavy (non-hydrogen) atoms. The molecule has 2 aromatic rings. The van der Waals surface area contributed by atoms with Crippen LogP contribution in [0.15, 0.2) is 36.4 Å². The van der Waals surface area contributed by atoms with Gasteiger partial charge in [-0.1, -0.05) is 6.92 Å². The number of nitrogens with one attached hydrogen (secondary N) is 1. The average molecular weight is 426 g/mol. The molecule has 1 heterocycles. The zero-order valence-electron chi connectivity index (χ0n) is 18.8. The first-order chi connectivity index (χ1) is 15.0. The number of Topliss-reactive ketones (excluding diaryl/α,β-unsaturated/α-hetero) is 1. The summed E-state index contributed by atoms with van der Waals surface area (Å²) in [6, 6.07) is 11.1. The Bertz CT molecular complexity index is 885. The van der Waals surface area contributed by atoms with Crippen LogP contribution >= 0.6 is 0 Å². The van der Waals surface area contributed by atoms with Crippen LogP contribution in [0.2, 0.25) is 0 Å². The number of carbonyl (C=O) groups is 1. The number of fused-ring (bicyclic) bond motifs is 2. The van der Waals surface area contributed by atoms with Crippen LogP contribution in [0.1, 0.15) is 43.0 Å². The van der Waals surface area contributed by atoms with Crippen LogP contribution in [0.3, 0.4) is 0 Å². The maximum absolute atomic E-state index is 13.6. The summed E-state index contributed by atoms with van der Waals surface area (Å²) in [7, 11) is 6.61. The minimum Gasteiger partial charge on any atom is -0.497 e. The summed E-state index contributed by atoms with van der Waals surface area (Å²) in [6.07, 6.45) is 1.71. The van der Waals surface area contributed by atoms with E-state index in [0.29, 0.717) is 11.7 Å². The van der Waals surface area contributed by atoms with Crippen molar-refractivity contribution < 1.29 is 23.7 Å². The number of hydrogen-bond donors (Lipinski definition) is 1. The third-order valence-electron chi connectivity index (χ3n) is 6.75. The lowest BCUT2D eigenvalue weighted by Crippen LogP contribution is -2.52. The van der Waals surface area contributed by atoms with E-state index in [1.165, 1.54) is 0 Å². The number of methoxy groups -OCH3 is 4. The van der Waals surface area contributed by atoms with Gasteiger partial charge in [-0.05, 0) is 55.2 Å². The van der Waals surface area contributed by atoms with E-state index in [1.807, 2.05) is 36.4 Å². The van der Waals surface area contributed by atoms with E-state index in [4.69, 9.17) is 18.9 Å². The normalized spacial score (nSPS) is 27.5. The summed E-state index contributed by atoms with van der Waals surface area (Å²) < 4.78 is 22.3. The lowest BCUT2D eigenvalue weighted by molar-refractivity contribution is -0.137. The topological polar surface area (TPSA) is 66.0 Å². The summed E-state index contributed by atoms with van der Waals surface area (Å²) in [5.41, 5.74) is 1.89. The Labute approximate surface area is 183 Å². The highest BCUT2D eigenvalue weighted by Crippen LogP contribution is 2.50. The van der Waals surface area contributed by atoms with Crippen molar-refractivity contribution >= 4 is 5.78 Å². The van der Waals surface area contributed by atoms with E-state index in [9.17, 15) is 4.79 Å². The quantitative estimate of drug-likeness (QED) is 0.743. The van der Waals surface area contributed by atoms with Gasteiger partial charge in [0.05, 0.1) is 28.4 Å². The van der Waals surface area contributed by atoms with E-state index >= 15 is 0 Å². The summed E-state index contributed by atoms with van der Waals surface area (Å²) in [5, 5.41) is 3.80. The molecular weight excluding hydrogens is 394 g/mol. The van der Waals surface area contributed by atoms with Crippen LogP contribution < -0.4 is 24.3 Å². The number of carbonyl (C=O) groups excluding carboxylic acids is 1. The first-order valence-corrected chi connectivity index (χ1v) is 10.7. The Balaban J connectivity index is 1.83. The Hall–Kier alpha value is -2.73. The first kappa shape index (κ1) is 21.5. The van der Waals surface area contributed by atoms with Gasteiger partial charge in [-0.2, -0.15) is 0 Å². The minimum atomic E-state index is -0.183. The Morgan fingerprint density at radius 1 is 0.742 bits per heavy atom. The van der Waals surface area contributed by atoms with Crippen molar-refractivity contribution in [1.29, 1.82) is 0 Å². The number of benzene rings is 2. The standard InChI is InChI=1S/C25H31NO5/c1-14-10-19-23(17-12-15(28-2)6-8-21(17)30-4)26-24(20(11-14)25(19)27)18-13-16(29-3)7-9-22(18)31-5/h6-9,12-14,19-20,23-24,26H,10-11H2,1-5H3/t14?,19-,20+,23-,24+. The molecule has 6 nitrogen and oxygen atoms in total. The average Bonchev–Trinajstić information content (AvgIpc) is 2.79. The highest BCUT2D eigenvalue weighted by Gasteiger charge is 2.49. The molecule has 2 bridgehead atoms. The van der Waals surface area contributed by atoms with Crippen molar-refractivity contribution in [3.63, 3.8) is 0 Å². The molecule has 0 amide bonds. The molecule has 0 aromatic heterocycles. The van der Waals surface area contributed by atoms with Crippen molar-refractivity contribution in [3.05, 3.63) is 47.5 Å². The summed E-state index contributed by atoms with van der Waals surface area (Å²) in [4.78, 5) is 13.6. The van der Waals surface area contributed by atoms with Gasteiger partial charge < -0.3 is 24.3 Å². The summed E-state index contributed by atoms with van der Waals surface area (Å²) in [5.74, 6) is 3.52. The smallest absolute Gasteiger partial charge is 0.142 e. The molecule has 1 saturated heterocycles. The number of ketones is 1. The second-order valence-electron chi connectivity index (χ2n) is 8.53. The van der Waals surface area contributed by atoms with Crippen molar-refractivity contribution in [2.75, 3.05) is 28.4 Å². The second kappa shape index (κ2) is 8.79. The molecule has 2 aromatic carbocycles. The number of piperidine rings is 1. The van der Waals surface area contributed by atoms with Crippen LogP contribution in [0, 0.1) is 17.8 Å². The molecule has 166 valence electrons. The van der Waals surface area contributed by atoms with Gasteiger partial charge >= 0.3 is 0 Å². The zero-order chi connectivity index (χ0) is 22.1. The maximum atomic E-state index is 13.6. The molecule has 4 rings (SSSR count). The molecule has 1 saturated carbocycles. The largest absolute Gasteiger partial charge is 0.497 e. The minimum absolute atomic E-state index is 0.109.